The van der Waals surface area contributed by atoms with Crippen molar-refractivity contribution in [3.63, 3.8) is 0 Å². The van der Waals surface area contributed by atoms with Gasteiger partial charge < -0.3 is 10.3 Å². The summed E-state index contributed by atoms with van der Waals surface area (Å²) in [7, 11) is 4.06. The molecule has 12 heavy (non-hydrogen) atoms. The van der Waals surface area contributed by atoms with E-state index in [0.29, 0.717) is 5.71 Å². The van der Waals surface area contributed by atoms with Crippen LogP contribution in [0.25, 0.3) is 5.41 Å². The fourth-order valence-corrected chi connectivity index (χ4v) is 1.07. The summed E-state index contributed by atoms with van der Waals surface area (Å²) >= 11 is 0. The standard InChI is InChI=1S/C10H14N2/c1-12(2)8-7-9-5-3-4-6-10(9)11/h3-6H,7-8H2,1-2H3. The number of allylic oxidation sites excluding steroid dienone is 3. The Hall–Kier alpha value is -1.02. The molecule has 1 aliphatic rings. The van der Waals surface area contributed by atoms with Gasteiger partial charge in [-0.3, -0.25) is 0 Å². The molecule has 0 N–H and O–H groups in total. The van der Waals surface area contributed by atoms with Crippen molar-refractivity contribution in [2.75, 3.05) is 20.6 Å². The second-order valence-corrected chi connectivity index (χ2v) is 3.18. The summed E-state index contributed by atoms with van der Waals surface area (Å²) in [5, 5.41) is 9.40. The van der Waals surface area contributed by atoms with Gasteiger partial charge in [0.2, 0.25) is 0 Å². The van der Waals surface area contributed by atoms with E-state index in [1.54, 1.807) is 6.08 Å². The molecule has 0 amide bonds. The van der Waals surface area contributed by atoms with Crippen molar-refractivity contribution in [3.8, 4) is 0 Å². The van der Waals surface area contributed by atoms with Crippen molar-refractivity contribution in [2.45, 2.75) is 6.42 Å². The summed E-state index contributed by atoms with van der Waals surface area (Å²) in [4.78, 5) is 2.10. The van der Waals surface area contributed by atoms with Crippen LogP contribution in [0.5, 0.6) is 0 Å². The van der Waals surface area contributed by atoms with E-state index in [2.05, 4.69) is 4.90 Å². The molecule has 1 rings (SSSR count). The van der Waals surface area contributed by atoms with E-state index in [1.165, 1.54) is 0 Å². The van der Waals surface area contributed by atoms with E-state index < -0.39 is 0 Å². The number of hydrogen-bond donors (Lipinski definition) is 0. The first-order valence-corrected chi connectivity index (χ1v) is 4.12. The van der Waals surface area contributed by atoms with Crippen molar-refractivity contribution in [2.24, 2.45) is 0 Å². The Morgan fingerprint density at radius 1 is 1.50 bits per heavy atom. The van der Waals surface area contributed by atoms with Crippen LogP contribution in [0.1, 0.15) is 6.42 Å². The van der Waals surface area contributed by atoms with Gasteiger partial charge in [0.1, 0.15) is 0 Å². The van der Waals surface area contributed by atoms with Crippen molar-refractivity contribution >= 4 is 5.71 Å². The minimum atomic E-state index is 0.402. The molecule has 0 aromatic rings. The maximum atomic E-state index is 9.40. The summed E-state index contributed by atoms with van der Waals surface area (Å²) in [6.45, 7) is 0.970. The second-order valence-electron chi connectivity index (χ2n) is 3.18. The number of hydrogen-bond acceptors (Lipinski definition) is 1. The Morgan fingerprint density at radius 3 is 2.83 bits per heavy atom. The van der Waals surface area contributed by atoms with Gasteiger partial charge in [0.15, 0.2) is 0 Å². The van der Waals surface area contributed by atoms with E-state index >= 15 is 0 Å². The minimum Gasteiger partial charge on any atom is -0.779 e. The summed E-state index contributed by atoms with van der Waals surface area (Å²) in [6.07, 6.45) is 8.38. The Bertz CT molecular complexity index is 224. The van der Waals surface area contributed by atoms with E-state index in [-0.39, 0.29) is 0 Å². The summed E-state index contributed by atoms with van der Waals surface area (Å²) in [5.41, 5.74) is 1.42. The largest absolute Gasteiger partial charge is 0.779 e. The smallest absolute Gasteiger partial charge is 0.0495 e. The third-order valence-corrected chi connectivity index (χ3v) is 1.82. The van der Waals surface area contributed by atoms with Gasteiger partial charge in [0, 0.05) is 43.2 Å². The first kappa shape index (κ1) is 9.07. The molecule has 0 saturated carbocycles. The number of rotatable bonds is 3. The zero-order valence-electron chi connectivity index (χ0n) is 7.62. The van der Waals surface area contributed by atoms with Crippen molar-refractivity contribution in [1.82, 2.24) is 4.90 Å². The van der Waals surface area contributed by atoms with Crippen molar-refractivity contribution < 1.29 is 0 Å². The lowest BCUT2D eigenvalue weighted by Gasteiger charge is -2.12. The lowest BCUT2D eigenvalue weighted by atomic mass is 10.0. The normalized spacial score (nSPS) is 16.2. The summed E-state index contributed by atoms with van der Waals surface area (Å²) in [5.74, 6) is 0. The predicted octanol–water partition coefficient (Wildman–Crippen LogP) is 1.65. The van der Waals surface area contributed by atoms with Gasteiger partial charge in [-0.1, -0.05) is 0 Å². The molecule has 0 spiro atoms. The van der Waals surface area contributed by atoms with Gasteiger partial charge in [-0.25, -0.2) is 0 Å². The maximum Gasteiger partial charge on any atom is 0.0495 e. The van der Waals surface area contributed by atoms with E-state index in [9.17, 15) is 5.41 Å². The zero-order chi connectivity index (χ0) is 8.97. The van der Waals surface area contributed by atoms with E-state index in [0.717, 1.165) is 18.5 Å². The van der Waals surface area contributed by atoms with Gasteiger partial charge in [0.25, 0.3) is 0 Å². The fraction of sp³-hybridized carbons (Fsp3) is 0.400. The Labute approximate surface area is 74.1 Å². The molecule has 0 aliphatic heterocycles. The molecule has 0 heterocycles. The van der Waals surface area contributed by atoms with Gasteiger partial charge >= 0.3 is 0 Å². The molecule has 0 unspecified atom stereocenters. The molecule has 64 valence electrons. The zero-order valence-corrected chi connectivity index (χ0v) is 7.62. The van der Waals surface area contributed by atoms with Crippen LogP contribution >= 0.6 is 0 Å². The Kier molecular flexibility index (Phi) is 3.11. The van der Waals surface area contributed by atoms with Gasteiger partial charge in [-0.05, 0) is 19.8 Å². The molecule has 0 radical (unpaired) electrons. The van der Waals surface area contributed by atoms with E-state index in [4.69, 9.17) is 0 Å². The molecule has 2 nitrogen and oxygen atoms in total. The quantitative estimate of drug-likeness (QED) is 0.579. The third kappa shape index (κ3) is 2.55. The molecule has 0 aromatic heterocycles. The summed E-state index contributed by atoms with van der Waals surface area (Å²) < 4.78 is 0. The maximum absolute atomic E-state index is 9.40. The topological polar surface area (TPSA) is 25.5 Å². The van der Waals surface area contributed by atoms with Crippen LogP contribution in [-0.2, 0) is 0 Å². The third-order valence-electron chi connectivity index (χ3n) is 1.82. The highest BCUT2D eigenvalue weighted by Crippen LogP contribution is 2.11. The second kappa shape index (κ2) is 4.12. The van der Waals surface area contributed by atoms with Crippen LogP contribution in [0.15, 0.2) is 23.8 Å². The van der Waals surface area contributed by atoms with Crippen LogP contribution in [0, 0.1) is 6.42 Å². The molecule has 0 atom stereocenters. The lowest BCUT2D eigenvalue weighted by Crippen LogP contribution is -2.15. The molecule has 0 fully saturated rings. The first-order chi connectivity index (χ1) is 5.70. The van der Waals surface area contributed by atoms with Gasteiger partial charge in [-0.15, -0.1) is 0 Å². The molecule has 0 saturated heterocycles. The highest BCUT2D eigenvalue weighted by Gasteiger charge is 2.07. The predicted molar refractivity (Wildman–Crippen MR) is 53.1 cm³/mol. The highest BCUT2D eigenvalue weighted by atomic mass is 15.0. The fourth-order valence-electron chi connectivity index (χ4n) is 1.07. The first-order valence-electron chi connectivity index (χ1n) is 4.12. The molecule has 0 bridgehead atoms. The Morgan fingerprint density at radius 2 is 2.25 bits per heavy atom. The minimum absolute atomic E-state index is 0.402. The van der Waals surface area contributed by atoms with Crippen LogP contribution in [0.2, 0.25) is 0 Å². The van der Waals surface area contributed by atoms with Crippen LogP contribution in [0.3, 0.4) is 0 Å². The lowest BCUT2D eigenvalue weighted by molar-refractivity contribution is 0.415. The van der Waals surface area contributed by atoms with Gasteiger partial charge in [-0.2, -0.15) is 0 Å². The Balaban J connectivity index is 2.41. The average Bonchev–Trinajstić information content (AvgIpc) is 2.03. The summed E-state index contributed by atoms with van der Waals surface area (Å²) in [6, 6.07) is 0. The molecule has 0 aromatic carbocycles. The highest BCUT2D eigenvalue weighted by molar-refractivity contribution is 6.11. The van der Waals surface area contributed by atoms with Crippen LogP contribution in [0.4, 0.5) is 0 Å². The molecular formula is C10H14N2. The SMILES string of the molecule is CN(C)CCC1=C[CH+]C=CC1=[N-]. The number of nitrogens with zero attached hydrogens (tertiary/aromatic N) is 2. The molecule has 1 aliphatic carbocycles. The van der Waals surface area contributed by atoms with Crippen molar-refractivity contribution in [3.05, 3.63) is 35.6 Å². The monoisotopic (exact) mass is 162 g/mol. The van der Waals surface area contributed by atoms with Crippen molar-refractivity contribution in [1.29, 1.82) is 0 Å². The average molecular weight is 162 g/mol. The van der Waals surface area contributed by atoms with Gasteiger partial charge in [0.05, 0.1) is 0 Å². The van der Waals surface area contributed by atoms with Crippen LogP contribution < -0.4 is 0 Å². The van der Waals surface area contributed by atoms with E-state index in [1.807, 2.05) is 32.7 Å². The van der Waals surface area contributed by atoms with Crippen LogP contribution in [-0.4, -0.2) is 31.3 Å². The molecular weight excluding hydrogens is 148 g/mol. The molecule has 2 heteroatoms.